The lowest BCUT2D eigenvalue weighted by atomic mass is 9.97. The minimum absolute atomic E-state index is 0.0922. The fourth-order valence-corrected chi connectivity index (χ4v) is 4.38. The summed E-state index contributed by atoms with van der Waals surface area (Å²) in [5, 5.41) is 1.64. The van der Waals surface area contributed by atoms with Crippen LogP contribution >= 0.6 is 0 Å². The van der Waals surface area contributed by atoms with Crippen molar-refractivity contribution in [2.45, 2.75) is 45.2 Å². The molecule has 0 aliphatic heterocycles. The predicted octanol–water partition coefficient (Wildman–Crippen LogP) is 4.05. The predicted molar refractivity (Wildman–Crippen MR) is 122 cm³/mol. The van der Waals surface area contributed by atoms with Crippen molar-refractivity contribution < 1.29 is 0 Å². The Balaban J connectivity index is 1.55. The van der Waals surface area contributed by atoms with E-state index in [0.717, 1.165) is 24.8 Å². The summed E-state index contributed by atoms with van der Waals surface area (Å²) in [5.41, 5.74) is 2.74. The number of nitrogens with zero attached hydrogens (tertiary/aromatic N) is 4. The van der Waals surface area contributed by atoms with E-state index in [4.69, 9.17) is 0 Å². The molecule has 0 saturated heterocycles. The van der Waals surface area contributed by atoms with Gasteiger partial charge in [-0.25, -0.2) is 0 Å². The summed E-state index contributed by atoms with van der Waals surface area (Å²) in [6.07, 6.45) is 16.6. The van der Waals surface area contributed by atoms with Crippen molar-refractivity contribution >= 4 is 21.7 Å². The van der Waals surface area contributed by atoms with Crippen LogP contribution < -0.4 is 11.1 Å². The molecule has 6 heteroatoms. The van der Waals surface area contributed by atoms with Crippen LogP contribution in [0.15, 0.2) is 76.5 Å². The molecule has 1 aliphatic carbocycles. The van der Waals surface area contributed by atoms with Gasteiger partial charge in [0.1, 0.15) is 0 Å². The van der Waals surface area contributed by atoms with Crippen molar-refractivity contribution in [3.05, 3.63) is 93.2 Å². The molecule has 4 heterocycles. The molecular formula is C25H24N4O2. The van der Waals surface area contributed by atoms with Gasteiger partial charge in [-0.1, -0.05) is 17.7 Å². The van der Waals surface area contributed by atoms with Gasteiger partial charge in [0.25, 0.3) is 11.1 Å². The monoisotopic (exact) mass is 412 g/mol. The van der Waals surface area contributed by atoms with Crippen LogP contribution in [0.4, 0.5) is 0 Å². The first-order valence-electron chi connectivity index (χ1n) is 10.8. The van der Waals surface area contributed by atoms with Crippen molar-refractivity contribution in [3.8, 4) is 0 Å². The molecule has 4 aromatic rings. The summed E-state index contributed by atoms with van der Waals surface area (Å²) in [6, 6.07) is 7.50. The van der Waals surface area contributed by atoms with E-state index in [1.807, 2.05) is 30.5 Å². The third-order valence-corrected chi connectivity index (χ3v) is 6.08. The Labute approximate surface area is 179 Å². The lowest BCUT2D eigenvalue weighted by Crippen LogP contribution is -2.23. The minimum Gasteiger partial charge on any atom is -0.315 e. The number of hydrogen-bond donors (Lipinski definition) is 0. The number of aromatic nitrogens is 4. The Kier molecular flexibility index (Phi) is 5.20. The van der Waals surface area contributed by atoms with Gasteiger partial charge in [0, 0.05) is 42.9 Å². The van der Waals surface area contributed by atoms with Crippen LogP contribution in [0.3, 0.4) is 0 Å². The van der Waals surface area contributed by atoms with Gasteiger partial charge >= 0.3 is 0 Å². The summed E-state index contributed by atoms with van der Waals surface area (Å²) >= 11 is 0. The quantitative estimate of drug-likeness (QED) is 0.366. The number of rotatable bonds is 5. The highest BCUT2D eigenvalue weighted by Gasteiger charge is 2.13. The van der Waals surface area contributed by atoms with E-state index in [1.165, 1.54) is 18.4 Å². The average molecular weight is 412 g/mol. The van der Waals surface area contributed by atoms with E-state index in [2.05, 4.69) is 16.0 Å². The second-order valence-electron chi connectivity index (χ2n) is 8.13. The summed E-state index contributed by atoms with van der Waals surface area (Å²) in [5.74, 6) is 0. The van der Waals surface area contributed by atoms with E-state index in [-0.39, 0.29) is 11.1 Å². The van der Waals surface area contributed by atoms with E-state index in [1.54, 1.807) is 33.9 Å². The molecule has 0 bridgehead atoms. The first-order valence-corrected chi connectivity index (χ1v) is 10.8. The maximum atomic E-state index is 13.3. The normalized spacial score (nSPS) is 14.1. The van der Waals surface area contributed by atoms with Gasteiger partial charge in [0.05, 0.1) is 22.8 Å². The van der Waals surface area contributed by atoms with Gasteiger partial charge < -0.3 is 9.13 Å². The highest BCUT2D eigenvalue weighted by molar-refractivity contribution is 6.04. The molecule has 4 aromatic heterocycles. The zero-order valence-corrected chi connectivity index (χ0v) is 17.3. The molecule has 0 amide bonds. The van der Waals surface area contributed by atoms with Crippen LogP contribution in [0, 0.1) is 0 Å². The standard InChI is InChI=1S/C25H24N4O2/c30-24-21-16-27-22-10-14-29(17-19-7-4-11-26-15-19)25(31)23(22)20(21)9-13-28(24)12-8-18-5-2-1-3-6-18/h4-5,7,9-11,13-16H,1-3,6,8,12,17H2. The van der Waals surface area contributed by atoms with Crippen LogP contribution in [-0.2, 0) is 13.1 Å². The molecule has 31 heavy (non-hydrogen) atoms. The maximum Gasteiger partial charge on any atom is 0.260 e. The largest absolute Gasteiger partial charge is 0.315 e. The fraction of sp³-hybridized carbons (Fsp3) is 0.280. The van der Waals surface area contributed by atoms with E-state index in [9.17, 15) is 9.59 Å². The summed E-state index contributed by atoms with van der Waals surface area (Å²) in [6.45, 7) is 1.07. The van der Waals surface area contributed by atoms with Gasteiger partial charge in [0.15, 0.2) is 0 Å². The second kappa shape index (κ2) is 8.30. The lowest BCUT2D eigenvalue weighted by Gasteiger charge is -2.14. The number of pyridine rings is 4. The Morgan fingerprint density at radius 2 is 1.84 bits per heavy atom. The molecule has 0 radical (unpaired) electrons. The van der Waals surface area contributed by atoms with Crippen molar-refractivity contribution in [1.29, 1.82) is 0 Å². The smallest absolute Gasteiger partial charge is 0.260 e. The molecule has 156 valence electrons. The zero-order valence-electron chi connectivity index (χ0n) is 17.3. The van der Waals surface area contributed by atoms with Crippen molar-refractivity contribution in [2.24, 2.45) is 0 Å². The molecule has 6 nitrogen and oxygen atoms in total. The summed E-state index contributed by atoms with van der Waals surface area (Å²) in [4.78, 5) is 34.9. The molecular weight excluding hydrogens is 388 g/mol. The van der Waals surface area contributed by atoms with Crippen molar-refractivity contribution in [2.75, 3.05) is 0 Å². The van der Waals surface area contributed by atoms with Gasteiger partial charge in [0.2, 0.25) is 0 Å². The summed E-state index contributed by atoms with van der Waals surface area (Å²) < 4.78 is 3.38. The van der Waals surface area contributed by atoms with Crippen LogP contribution in [0.1, 0.15) is 37.7 Å². The van der Waals surface area contributed by atoms with Crippen LogP contribution in [0.2, 0.25) is 0 Å². The summed E-state index contributed by atoms with van der Waals surface area (Å²) in [7, 11) is 0. The Hall–Kier alpha value is -3.54. The molecule has 0 aromatic carbocycles. The fourth-order valence-electron chi connectivity index (χ4n) is 4.38. The van der Waals surface area contributed by atoms with Crippen LogP contribution in [0.5, 0.6) is 0 Å². The van der Waals surface area contributed by atoms with E-state index in [0.29, 0.717) is 34.8 Å². The average Bonchev–Trinajstić information content (AvgIpc) is 2.81. The third-order valence-electron chi connectivity index (χ3n) is 6.08. The first kappa shape index (κ1) is 19.4. The molecule has 0 atom stereocenters. The van der Waals surface area contributed by atoms with Crippen LogP contribution in [-0.4, -0.2) is 19.1 Å². The zero-order chi connectivity index (χ0) is 21.2. The van der Waals surface area contributed by atoms with Gasteiger partial charge in [-0.3, -0.25) is 19.6 Å². The Bertz CT molecular complexity index is 1400. The molecule has 0 fully saturated rings. The van der Waals surface area contributed by atoms with E-state index >= 15 is 0 Å². The molecule has 0 unspecified atom stereocenters. The van der Waals surface area contributed by atoms with Gasteiger partial charge in [-0.05, 0) is 55.9 Å². The van der Waals surface area contributed by atoms with Gasteiger partial charge in [-0.2, -0.15) is 0 Å². The number of aryl methyl sites for hydroxylation is 1. The molecule has 5 rings (SSSR count). The number of allylic oxidation sites excluding steroid dienone is 2. The lowest BCUT2D eigenvalue weighted by molar-refractivity contribution is 0.616. The highest BCUT2D eigenvalue weighted by Crippen LogP contribution is 2.21. The molecule has 1 aliphatic rings. The van der Waals surface area contributed by atoms with Crippen molar-refractivity contribution in [3.63, 3.8) is 0 Å². The maximum absolute atomic E-state index is 13.3. The molecule has 0 spiro atoms. The second-order valence-corrected chi connectivity index (χ2v) is 8.13. The van der Waals surface area contributed by atoms with Gasteiger partial charge in [-0.15, -0.1) is 0 Å². The number of hydrogen-bond acceptors (Lipinski definition) is 4. The number of fused-ring (bicyclic) bond motifs is 3. The Morgan fingerprint density at radius 3 is 2.65 bits per heavy atom. The SMILES string of the molecule is O=c1c2cnc3ccn(Cc4cccnc4)c(=O)c3c2ccn1CCC1=CCCCC1. The first-order chi connectivity index (χ1) is 15.2. The van der Waals surface area contributed by atoms with Crippen molar-refractivity contribution in [1.82, 2.24) is 19.1 Å². The highest BCUT2D eigenvalue weighted by atomic mass is 16.1. The molecule has 0 N–H and O–H groups in total. The Morgan fingerprint density at radius 1 is 0.935 bits per heavy atom. The molecule has 0 saturated carbocycles. The topological polar surface area (TPSA) is 69.8 Å². The minimum atomic E-state index is -0.149. The van der Waals surface area contributed by atoms with Crippen LogP contribution in [0.25, 0.3) is 21.7 Å². The van der Waals surface area contributed by atoms with E-state index < -0.39 is 0 Å². The third kappa shape index (κ3) is 3.81.